The highest BCUT2D eigenvalue weighted by Gasteiger charge is 2.37. The lowest BCUT2D eigenvalue weighted by atomic mass is 10.0. The van der Waals surface area contributed by atoms with E-state index in [-0.39, 0.29) is 18.0 Å². The Labute approximate surface area is 142 Å². The molecule has 9 heteroatoms. The molecule has 1 aromatic heterocycles. The molecule has 0 unspecified atom stereocenters. The van der Waals surface area contributed by atoms with Gasteiger partial charge in [0.15, 0.2) is 0 Å². The van der Waals surface area contributed by atoms with Crippen LogP contribution in [-0.2, 0) is 14.8 Å². The van der Waals surface area contributed by atoms with Crippen LogP contribution in [0.2, 0.25) is 0 Å². The normalized spacial score (nSPS) is 21.3. The topological polar surface area (TPSA) is 95.6 Å². The summed E-state index contributed by atoms with van der Waals surface area (Å²) in [5.74, 6) is -0.0806. The van der Waals surface area contributed by atoms with Crippen molar-refractivity contribution in [3.63, 3.8) is 0 Å². The summed E-state index contributed by atoms with van der Waals surface area (Å²) in [4.78, 5) is 14.1. The second-order valence-corrected chi connectivity index (χ2v) is 8.32. The number of ether oxygens (including phenoxy) is 1. The van der Waals surface area contributed by atoms with E-state index < -0.39 is 10.0 Å². The molecule has 2 aliphatic heterocycles. The van der Waals surface area contributed by atoms with Crippen molar-refractivity contribution in [3.05, 3.63) is 18.0 Å². The van der Waals surface area contributed by atoms with Crippen LogP contribution < -0.4 is 0 Å². The van der Waals surface area contributed by atoms with Crippen LogP contribution in [0, 0.1) is 0 Å². The molecule has 2 saturated heterocycles. The quantitative estimate of drug-likeness (QED) is 0.845. The van der Waals surface area contributed by atoms with Gasteiger partial charge in [-0.25, -0.2) is 8.42 Å². The molecule has 134 valence electrons. The summed E-state index contributed by atoms with van der Waals surface area (Å²) in [6.45, 7) is 2.32. The molecule has 0 aromatic carbocycles. The molecule has 3 rings (SSSR count). The lowest BCUT2D eigenvalue weighted by Crippen LogP contribution is -2.53. The summed E-state index contributed by atoms with van der Waals surface area (Å²) < 4.78 is 31.7. The van der Waals surface area contributed by atoms with Crippen LogP contribution in [0.25, 0.3) is 0 Å². The van der Waals surface area contributed by atoms with Crippen LogP contribution in [0.3, 0.4) is 0 Å². The van der Waals surface area contributed by atoms with Crippen molar-refractivity contribution in [2.45, 2.75) is 37.8 Å². The summed E-state index contributed by atoms with van der Waals surface area (Å²) in [6, 6.07) is 1.61. The molecule has 0 bridgehead atoms. The van der Waals surface area contributed by atoms with E-state index in [2.05, 4.69) is 10.2 Å². The zero-order valence-corrected chi connectivity index (χ0v) is 14.7. The van der Waals surface area contributed by atoms with Crippen LogP contribution in [0.4, 0.5) is 0 Å². The molecule has 1 aromatic rings. The number of nitrogens with one attached hydrogen (secondary N) is 1. The van der Waals surface area contributed by atoms with Crippen LogP contribution in [-0.4, -0.2) is 78.4 Å². The molecule has 3 heterocycles. The lowest BCUT2D eigenvalue weighted by Gasteiger charge is -2.41. The van der Waals surface area contributed by atoms with Crippen molar-refractivity contribution < 1.29 is 17.9 Å². The first kappa shape index (κ1) is 17.4. The van der Waals surface area contributed by atoms with Crippen molar-refractivity contribution in [2.75, 3.05) is 32.6 Å². The molecule has 1 amide bonds. The molecule has 24 heavy (non-hydrogen) atoms. The minimum absolute atomic E-state index is 0.00797. The van der Waals surface area contributed by atoms with Gasteiger partial charge in [0.05, 0.1) is 6.26 Å². The first-order valence-electron chi connectivity index (χ1n) is 8.31. The average Bonchev–Trinajstić information content (AvgIpc) is 3.09. The zero-order valence-electron chi connectivity index (χ0n) is 13.8. The first-order valence-corrected chi connectivity index (χ1v) is 10.2. The largest absolute Gasteiger partial charge is 0.381 e. The fraction of sp³-hybridized carbons (Fsp3) is 0.733. The number of nitrogens with zero attached hydrogens (tertiary/aromatic N) is 3. The Kier molecular flexibility index (Phi) is 5.21. The number of carbonyl (C=O) groups is 1. The molecule has 1 N–H and O–H groups in total. The van der Waals surface area contributed by atoms with Gasteiger partial charge < -0.3 is 9.64 Å². The van der Waals surface area contributed by atoms with E-state index in [1.807, 2.05) is 0 Å². The number of hydrogen-bond acceptors (Lipinski definition) is 5. The smallest absolute Gasteiger partial charge is 0.271 e. The fourth-order valence-electron chi connectivity index (χ4n) is 3.65. The number of likely N-dealkylation sites (tertiary alicyclic amines) is 1. The Balaban J connectivity index is 1.66. The highest BCUT2D eigenvalue weighted by molar-refractivity contribution is 7.88. The van der Waals surface area contributed by atoms with Crippen LogP contribution in [0.15, 0.2) is 12.3 Å². The van der Waals surface area contributed by atoms with Crippen molar-refractivity contribution in [3.8, 4) is 0 Å². The third-order valence-electron chi connectivity index (χ3n) is 4.78. The number of carbonyl (C=O) groups excluding carboxylic acids is 1. The summed E-state index contributed by atoms with van der Waals surface area (Å²) in [5.41, 5.74) is 0.470. The number of hydrogen-bond donors (Lipinski definition) is 1. The molecule has 0 spiro atoms. The maximum absolute atomic E-state index is 12.3. The van der Waals surface area contributed by atoms with Crippen molar-refractivity contribution in [1.29, 1.82) is 0 Å². The lowest BCUT2D eigenvalue weighted by molar-refractivity contribution is 0.0377. The number of aromatic amines is 1. The SMILES string of the molecule is CS(=O)(=O)N(C1CCOCC1)C1CCN(C(=O)c2ccn[nH]2)CC1. The number of rotatable bonds is 4. The van der Waals surface area contributed by atoms with Crippen LogP contribution in [0.1, 0.15) is 36.2 Å². The Hall–Kier alpha value is -1.45. The van der Waals surface area contributed by atoms with Gasteiger partial charge in [-0.05, 0) is 31.7 Å². The molecular formula is C15H24N4O4S. The van der Waals surface area contributed by atoms with E-state index in [1.54, 1.807) is 21.5 Å². The van der Waals surface area contributed by atoms with Gasteiger partial charge in [0.25, 0.3) is 5.91 Å². The van der Waals surface area contributed by atoms with E-state index in [9.17, 15) is 13.2 Å². The number of aromatic nitrogens is 2. The standard InChI is InChI=1S/C15H24N4O4S/c1-24(21,22)19(13-5-10-23-11-6-13)12-3-8-18(9-4-12)15(20)14-2-7-16-17-14/h2,7,12-13H,3-6,8-11H2,1H3,(H,16,17). The number of amides is 1. The third kappa shape index (κ3) is 3.79. The van der Waals surface area contributed by atoms with Gasteiger partial charge in [-0.1, -0.05) is 0 Å². The molecule has 0 aliphatic carbocycles. The maximum atomic E-state index is 12.3. The second-order valence-electron chi connectivity index (χ2n) is 6.43. The molecular weight excluding hydrogens is 332 g/mol. The molecule has 8 nitrogen and oxygen atoms in total. The third-order valence-corrected chi connectivity index (χ3v) is 6.14. The van der Waals surface area contributed by atoms with Gasteiger partial charge in [-0.3, -0.25) is 9.89 Å². The van der Waals surface area contributed by atoms with Gasteiger partial charge in [0.1, 0.15) is 5.69 Å². The average molecular weight is 356 g/mol. The van der Waals surface area contributed by atoms with Crippen molar-refractivity contribution in [1.82, 2.24) is 19.4 Å². The predicted molar refractivity (Wildman–Crippen MR) is 88.0 cm³/mol. The zero-order chi connectivity index (χ0) is 17.2. The first-order chi connectivity index (χ1) is 11.5. The second kappa shape index (κ2) is 7.20. The minimum Gasteiger partial charge on any atom is -0.381 e. The fourth-order valence-corrected chi connectivity index (χ4v) is 5.15. The van der Waals surface area contributed by atoms with Crippen LogP contribution >= 0.6 is 0 Å². The molecule has 0 saturated carbocycles. The van der Waals surface area contributed by atoms with E-state index in [4.69, 9.17) is 4.74 Å². The van der Waals surface area contributed by atoms with E-state index >= 15 is 0 Å². The maximum Gasteiger partial charge on any atom is 0.271 e. The summed E-state index contributed by atoms with van der Waals surface area (Å²) in [6.07, 6.45) is 5.62. The number of sulfonamides is 1. The molecule has 0 radical (unpaired) electrons. The van der Waals surface area contributed by atoms with Gasteiger partial charge in [-0.15, -0.1) is 0 Å². The Morgan fingerprint density at radius 2 is 1.88 bits per heavy atom. The Morgan fingerprint density at radius 1 is 1.25 bits per heavy atom. The van der Waals surface area contributed by atoms with E-state index in [0.29, 0.717) is 44.8 Å². The van der Waals surface area contributed by atoms with Crippen LogP contribution in [0.5, 0.6) is 0 Å². The minimum atomic E-state index is -3.29. The van der Waals surface area contributed by atoms with E-state index in [0.717, 1.165) is 12.8 Å². The summed E-state index contributed by atoms with van der Waals surface area (Å²) >= 11 is 0. The molecule has 2 aliphatic rings. The molecule has 0 atom stereocenters. The van der Waals surface area contributed by atoms with Gasteiger partial charge in [0.2, 0.25) is 10.0 Å². The highest BCUT2D eigenvalue weighted by atomic mass is 32.2. The summed E-state index contributed by atoms with van der Waals surface area (Å²) in [5, 5.41) is 6.49. The Bertz CT molecular complexity index is 647. The monoisotopic (exact) mass is 356 g/mol. The predicted octanol–water partition coefficient (Wildman–Crippen LogP) is 0.455. The van der Waals surface area contributed by atoms with Gasteiger partial charge in [-0.2, -0.15) is 9.40 Å². The van der Waals surface area contributed by atoms with Crippen molar-refractivity contribution >= 4 is 15.9 Å². The van der Waals surface area contributed by atoms with Gasteiger partial charge in [0, 0.05) is 44.6 Å². The summed E-state index contributed by atoms with van der Waals surface area (Å²) in [7, 11) is -3.29. The Morgan fingerprint density at radius 3 is 2.42 bits per heavy atom. The molecule has 2 fully saturated rings. The number of piperidine rings is 1. The number of H-pyrrole nitrogens is 1. The van der Waals surface area contributed by atoms with Crippen molar-refractivity contribution in [2.24, 2.45) is 0 Å². The highest BCUT2D eigenvalue weighted by Crippen LogP contribution is 2.26. The van der Waals surface area contributed by atoms with Gasteiger partial charge >= 0.3 is 0 Å². The van der Waals surface area contributed by atoms with E-state index in [1.165, 1.54) is 6.26 Å².